The highest BCUT2D eigenvalue weighted by Crippen LogP contribution is 2.21. The van der Waals surface area contributed by atoms with Crippen molar-refractivity contribution >= 4 is 11.0 Å². The van der Waals surface area contributed by atoms with E-state index in [1.54, 1.807) is 0 Å². The van der Waals surface area contributed by atoms with Crippen molar-refractivity contribution < 1.29 is 0 Å². The van der Waals surface area contributed by atoms with E-state index in [1.165, 1.54) is 0 Å². The average Bonchev–Trinajstić information content (AvgIpc) is 2.65. The molecule has 0 fully saturated rings. The van der Waals surface area contributed by atoms with E-state index in [0.29, 0.717) is 12.3 Å². The standard InChI is InChI=1S/C13H15N3/c1-10(2)13-15-11-6-3-4-7-12(11)16(13)9-5-8-14/h3-4,6-7,10H,5,9H2,1-2H3. The molecule has 0 saturated heterocycles. The van der Waals surface area contributed by atoms with Gasteiger partial charge in [-0.25, -0.2) is 4.98 Å². The fourth-order valence-corrected chi connectivity index (χ4v) is 1.93. The maximum atomic E-state index is 8.68. The predicted molar refractivity (Wildman–Crippen MR) is 64.1 cm³/mol. The third-order valence-electron chi connectivity index (χ3n) is 2.65. The van der Waals surface area contributed by atoms with Crippen molar-refractivity contribution in [3.05, 3.63) is 30.1 Å². The molecule has 0 radical (unpaired) electrons. The first kappa shape index (κ1) is 10.7. The summed E-state index contributed by atoms with van der Waals surface area (Å²) < 4.78 is 2.16. The van der Waals surface area contributed by atoms with E-state index >= 15 is 0 Å². The van der Waals surface area contributed by atoms with Crippen molar-refractivity contribution in [1.29, 1.82) is 5.26 Å². The number of hydrogen-bond donors (Lipinski definition) is 0. The van der Waals surface area contributed by atoms with Crippen LogP contribution in [0.4, 0.5) is 0 Å². The molecule has 1 aromatic heterocycles. The Bertz CT molecular complexity index is 532. The number of para-hydroxylation sites is 2. The number of imidazole rings is 1. The van der Waals surface area contributed by atoms with Crippen molar-refractivity contribution in [3.8, 4) is 6.07 Å². The first-order valence-corrected chi connectivity index (χ1v) is 5.56. The molecule has 0 aliphatic rings. The Balaban J connectivity index is 2.56. The number of aryl methyl sites for hydroxylation is 1. The fraction of sp³-hybridized carbons (Fsp3) is 0.385. The number of nitrogens with zero attached hydrogens (tertiary/aromatic N) is 3. The summed E-state index contributed by atoms with van der Waals surface area (Å²) in [4.78, 5) is 4.62. The molecule has 0 N–H and O–H groups in total. The summed E-state index contributed by atoms with van der Waals surface area (Å²) in [6.45, 7) is 4.98. The lowest BCUT2D eigenvalue weighted by molar-refractivity contribution is 0.644. The van der Waals surface area contributed by atoms with Gasteiger partial charge < -0.3 is 4.57 Å². The number of fused-ring (bicyclic) bond motifs is 1. The van der Waals surface area contributed by atoms with E-state index in [9.17, 15) is 0 Å². The van der Waals surface area contributed by atoms with Gasteiger partial charge in [-0.1, -0.05) is 26.0 Å². The van der Waals surface area contributed by atoms with E-state index in [2.05, 4.69) is 35.5 Å². The fourth-order valence-electron chi connectivity index (χ4n) is 1.93. The number of rotatable bonds is 3. The third kappa shape index (κ3) is 1.79. The maximum absolute atomic E-state index is 8.68. The Morgan fingerprint density at radius 2 is 2.12 bits per heavy atom. The predicted octanol–water partition coefficient (Wildman–Crippen LogP) is 3.07. The Labute approximate surface area is 95.3 Å². The van der Waals surface area contributed by atoms with Gasteiger partial charge in [0.25, 0.3) is 0 Å². The number of aromatic nitrogens is 2. The largest absolute Gasteiger partial charge is 0.327 e. The lowest BCUT2D eigenvalue weighted by Gasteiger charge is -2.09. The summed E-state index contributed by atoms with van der Waals surface area (Å²) in [6, 6.07) is 10.3. The van der Waals surface area contributed by atoms with Crippen LogP contribution in [-0.4, -0.2) is 9.55 Å². The minimum absolute atomic E-state index is 0.381. The van der Waals surface area contributed by atoms with Crippen LogP contribution in [0.1, 0.15) is 32.0 Å². The van der Waals surface area contributed by atoms with Crippen LogP contribution >= 0.6 is 0 Å². The van der Waals surface area contributed by atoms with Crippen molar-refractivity contribution in [1.82, 2.24) is 9.55 Å². The maximum Gasteiger partial charge on any atom is 0.112 e. The number of benzene rings is 1. The van der Waals surface area contributed by atoms with Crippen LogP contribution < -0.4 is 0 Å². The van der Waals surface area contributed by atoms with Crippen LogP contribution in [-0.2, 0) is 6.54 Å². The van der Waals surface area contributed by atoms with E-state index in [1.807, 2.05) is 18.2 Å². The van der Waals surface area contributed by atoms with E-state index in [4.69, 9.17) is 5.26 Å². The summed E-state index contributed by atoms with van der Waals surface area (Å²) in [5.41, 5.74) is 2.14. The molecular formula is C13H15N3. The second kappa shape index (κ2) is 4.36. The van der Waals surface area contributed by atoms with Gasteiger partial charge in [0.15, 0.2) is 0 Å². The summed E-state index contributed by atoms with van der Waals surface area (Å²) in [7, 11) is 0. The van der Waals surface area contributed by atoms with Gasteiger partial charge >= 0.3 is 0 Å². The molecule has 16 heavy (non-hydrogen) atoms. The van der Waals surface area contributed by atoms with Gasteiger partial charge in [-0.15, -0.1) is 0 Å². The minimum atomic E-state index is 0.381. The van der Waals surface area contributed by atoms with Crippen LogP contribution in [0.5, 0.6) is 0 Å². The molecule has 3 nitrogen and oxygen atoms in total. The molecule has 0 bridgehead atoms. The molecule has 0 spiro atoms. The smallest absolute Gasteiger partial charge is 0.112 e. The zero-order valence-electron chi connectivity index (χ0n) is 9.64. The summed E-state index contributed by atoms with van der Waals surface area (Å²) in [6.07, 6.45) is 0.528. The molecule has 0 aliphatic heterocycles. The van der Waals surface area contributed by atoms with Crippen LogP contribution in [0.2, 0.25) is 0 Å². The molecule has 0 atom stereocenters. The minimum Gasteiger partial charge on any atom is -0.327 e. The molecular weight excluding hydrogens is 198 g/mol. The van der Waals surface area contributed by atoms with Crippen molar-refractivity contribution in [2.45, 2.75) is 32.7 Å². The lowest BCUT2D eigenvalue weighted by Crippen LogP contribution is -2.05. The number of nitriles is 1. The second-order valence-corrected chi connectivity index (χ2v) is 4.17. The second-order valence-electron chi connectivity index (χ2n) is 4.17. The van der Waals surface area contributed by atoms with Crippen LogP contribution in [0.3, 0.4) is 0 Å². The van der Waals surface area contributed by atoms with Crippen LogP contribution in [0.25, 0.3) is 11.0 Å². The molecule has 3 heteroatoms. The molecule has 0 unspecified atom stereocenters. The molecule has 82 valence electrons. The topological polar surface area (TPSA) is 41.6 Å². The normalized spacial score (nSPS) is 10.9. The zero-order valence-corrected chi connectivity index (χ0v) is 9.64. The Morgan fingerprint density at radius 3 is 2.81 bits per heavy atom. The van der Waals surface area contributed by atoms with Gasteiger partial charge in [-0.05, 0) is 12.1 Å². The van der Waals surface area contributed by atoms with Gasteiger partial charge in [-0.2, -0.15) is 5.26 Å². The lowest BCUT2D eigenvalue weighted by atomic mass is 10.2. The van der Waals surface area contributed by atoms with E-state index in [-0.39, 0.29) is 0 Å². The highest BCUT2D eigenvalue weighted by Gasteiger charge is 2.12. The molecule has 1 aromatic carbocycles. The summed E-state index contributed by atoms with van der Waals surface area (Å²) in [5.74, 6) is 1.45. The molecule has 0 aliphatic carbocycles. The first-order chi connectivity index (χ1) is 7.74. The monoisotopic (exact) mass is 213 g/mol. The Hall–Kier alpha value is -1.82. The average molecular weight is 213 g/mol. The summed E-state index contributed by atoms with van der Waals surface area (Å²) >= 11 is 0. The SMILES string of the molecule is CC(C)c1nc2ccccc2n1CCC#N. The summed E-state index contributed by atoms with van der Waals surface area (Å²) in [5, 5.41) is 8.68. The first-order valence-electron chi connectivity index (χ1n) is 5.56. The van der Waals surface area contributed by atoms with Crippen LogP contribution in [0, 0.1) is 11.3 Å². The van der Waals surface area contributed by atoms with Crippen LogP contribution in [0.15, 0.2) is 24.3 Å². The highest BCUT2D eigenvalue weighted by atomic mass is 15.1. The van der Waals surface area contributed by atoms with Gasteiger partial charge in [0.05, 0.1) is 23.5 Å². The van der Waals surface area contributed by atoms with Gasteiger partial charge in [-0.3, -0.25) is 0 Å². The molecule has 2 rings (SSSR count). The van der Waals surface area contributed by atoms with Gasteiger partial charge in [0, 0.05) is 12.5 Å². The van der Waals surface area contributed by atoms with E-state index in [0.717, 1.165) is 23.4 Å². The molecule has 2 aromatic rings. The van der Waals surface area contributed by atoms with Crippen molar-refractivity contribution in [3.63, 3.8) is 0 Å². The molecule has 1 heterocycles. The quantitative estimate of drug-likeness (QED) is 0.786. The zero-order chi connectivity index (χ0) is 11.5. The highest BCUT2D eigenvalue weighted by molar-refractivity contribution is 5.76. The van der Waals surface area contributed by atoms with Crippen molar-refractivity contribution in [2.24, 2.45) is 0 Å². The molecule has 0 amide bonds. The number of hydrogen-bond acceptors (Lipinski definition) is 2. The Morgan fingerprint density at radius 1 is 1.38 bits per heavy atom. The third-order valence-corrected chi connectivity index (χ3v) is 2.65. The van der Waals surface area contributed by atoms with E-state index < -0.39 is 0 Å². The van der Waals surface area contributed by atoms with Crippen molar-refractivity contribution in [2.75, 3.05) is 0 Å². The Kier molecular flexibility index (Phi) is 2.91. The van der Waals surface area contributed by atoms with Gasteiger partial charge in [0.2, 0.25) is 0 Å². The van der Waals surface area contributed by atoms with Gasteiger partial charge in [0.1, 0.15) is 5.82 Å². The molecule has 0 saturated carbocycles.